The molecule has 0 bridgehead atoms. The number of amides is 1. The number of carbonyl (C=O) groups excluding carboxylic acids is 1. The minimum absolute atomic E-state index is 0.332. The van der Waals surface area contributed by atoms with Crippen molar-refractivity contribution in [3.05, 3.63) is 36.7 Å². The number of imidazole rings is 1. The molecular weight excluding hydrogens is 432 g/mol. The van der Waals surface area contributed by atoms with Gasteiger partial charge in [0.25, 0.3) is 0 Å². The van der Waals surface area contributed by atoms with Crippen molar-refractivity contribution in [1.29, 1.82) is 0 Å². The molecule has 0 unspecified atom stereocenters. The van der Waals surface area contributed by atoms with Gasteiger partial charge in [0, 0.05) is 24.2 Å². The van der Waals surface area contributed by atoms with Gasteiger partial charge in [-0.2, -0.15) is 0 Å². The van der Waals surface area contributed by atoms with Crippen LogP contribution in [0.25, 0.3) is 11.2 Å². The highest BCUT2D eigenvalue weighted by Crippen LogP contribution is 2.29. The molecule has 1 aromatic carbocycles. The Morgan fingerprint density at radius 2 is 1.88 bits per heavy atom. The van der Waals surface area contributed by atoms with Crippen LogP contribution in [0.3, 0.4) is 0 Å². The second-order valence-corrected chi connectivity index (χ2v) is 8.83. The summed E-state index contributed by atoms with van der Waals surface area (Å²) >= 11 is 0. The molecular formula is C25H34N6O3. The molecule has 4 rings (SSSR count). The first-order valence-electron chi connectivity index (χ1n) is 12.2. The molecule has 1 aliphatic rings. The first-order chi connectivity index (χ1) is 16.7. The van der Waals surface area contributed by atoms with Crippen LogP contribution in [0.2, 0.25) is 0 Å². The van der Waals surface area contributed by atoms with Crippen LogP contribution in [0, 0.1) is 0 Å². The lowest BCUT2D eigenvalue weighted by molar-refractivity contribution is -0.129. The van der Waals surface area contributed by atoms with Gasteiger partial charge in [-0.3, -0.25) is 10.0 Å². The van der Waals surface area contributed by atoms with E-state index in [1.54, 1.807) is 11.8 Å². The first-order valence-corrected chi connectivity index (χ1v) is 12.2. The molecule has 5 N–H and O–H groups in total. The first kappa shape index (κ1) is 23.8. The Morgan fingerprint density at radius 3 is 2.68 bits per heavy atom. The number of ether oxygens (including phenoxy) is 1. The van der Waals surface area contributed by atoms with E-state index in [1.165, 1.54) is 32.1 Å². The topological polar surface area (TPSA) is 124 Å². The van der Waals surface area contributed by atoms with Crippen LogP contribution in [0.1, 0.15) is 64.2 Å². The van der Waals surface area contributed by atoms with Crippen LogP contribution >= 0.6 is 0 Å². The minimum Gasteiger partial charge on any atom is -0.494 e. The molecule has 34 heavy (non-hydrogen) atoms. The number of rotatable bonds is 12. The Labute approximate surface area is 199 Å². The van der Waals surface area contributed by atoms with Gasteiger partial charge in [-0.05, 0) is 49.9 Å². The largest absolute Gasteiger partial charge is 0.494 e. The van der Waals surface area contributed by atoms with E-state index in [9.17, 15) is 4.79 Å². The number of unbranched alkanes of at least 4 members (excludes halogenated alkanes) is 3. The van der Waals surface area contributed by atoms with Crippen LogP contribution in [-0.2, 0) is 4.79 Å². The molecule has 1 amide bonds. The number of hydrogen-bond acceptors (Lipinski definition) is 7. The van der Waals surface area contributed by atoms with Crippen molar-refractivity contribution in [3.8, 4) is 5.75 Å². The third-order valence-electron chi connectivity index (χ3n) is 6.18. The van der Waals surface area contributed by atoms with Crippen molar-refractivity contribution in [2.45, 2.75) is 70.3 Å². The Kier molecular flexibility index (Phi) is 8.56. The van der Waals surface area contributed by atoms with Gasteiger partial charge in [0.15, 0.2) is 5.65 Å². The van der Waals surface area contributed by atoms with Gasteiger partial charge in [0.2, 0.25) is 5.91 Å². The fourth-order valence-electron chi connectivity index (χ4n) is 4.34. The third-order valence-corrected chi connectivity index (χ3v) is 6.18. The van der Waals surface area contributed by atoms with Gasteiger partial charge < -0.3 is 20.4 Å². The average Bonchev–Trinajstić information content (AvgIpc) is 3.34. The zero-order valence-corrected chi connectivity index (χ0v) is 19.5. The molecule has 9 heteroatoms. The summed E-state index contributed by atoms with van der Waals surface area (Å²) in [6.45, 7) is 0.631. The van der Waals surface area contributed by atoms with Gasteiger partial charge in [0.1, 0.15) is 17.1 Å². The molecule has 3 aromatic rings. The standard InChI is InChI=1S/C25H34N6O3/c32-23(31-33)10-6-1-2-7-15-34-20-13-11-19(12-14-20)29-22-16-21(24-25(30-22)27-17-26-24)28-18-8-4-3-5-9-18/h11-14,16-18,33H,1-10,15H2,(H,31,32)(H3,26,27,28,29,30). The fraction of sp³-hybridized carbons (Fsp3) is 0.480. The van der Waals surface area contributed by atoms with E-state index in [1.807, 2.05) is 30.3 Å². The number of nitrogens with one attached hydrogen (secondary N) is 4. The normalized spacial score (nSPS) is 14.1. The maximum Gasteiger partial charge on any atom is 0.243 e. The number of aromatic amines is 1. The second-order valence-electron chi connectivity index (χ2n) is 8.83. The van der Waals surface area contributed by atoms with E-state index in [0.29, 0.717) is 24.7 Å². The minimum atomic E-state index is -0.332. The van der Waals surface area contributed by atoms with Crippen LogP contribution in [0.15, 0.2) is 36.7 Å². The number of aromatic nitrogens is 3. The molecule has 0 atom stereocenters. The number of fused-ring (bicyclic) bond motifs is 1. The van der Waals surface area contributed by atoms with Crippen LogP contribution < -0.4 is 20.9 Å². The van der Waals surface area contributed by atoms with Crippen molar-refractivity contribution >= 4 is 34.3 Å². The third kappa shape index (κ3) is 6.84. The fourth-order valence-corrected chi connectivity index (χ4v) is 4.34. The number of pyridine rings is 1. The number of H-pyrrole nitrogens is 1. The van der Waals surface area contributed by atoms with E-state index >= 15 is 0 Å². The quantitative estimate of drug-likeness (QED) is 0.140. The zero-order chi connectivity index (χ0) is 23.6. The molecule has 2 heterocycles. The Morgan fingerprint density at radius 1 is 1.09 bits per heavy atom. The van der Waals surface area contributed by atoms with E-state index in [0.717, 1.165) is 54.1 Å². The van der Waals surface area contributed by atoms with Crippen molar-refractivity contribution in [3.63, 3.8) is 0 Å². The molecule has 182 valence electrons. The SMILES string of the molecule is O=C(CCCCCCOc1ccc(Nc2cc(NC3CCCCC3)c3[nH]cnc3n2)cc1)NO. The van der Waals surface area contributed by atoms with Crippen molar-refractivity contribution in [2.75, 3.05) is 17.2 Å². The predicted molar refractivity (Wildman–Crippen MR) is 133 cm³/mol. The lowest BCUT2D eigenvalue weighted by Crippen LogP contribution is -2.22. The molecule has 9 nitrogen and oxygen atoms in total. The maximum absolute atomic E-state index is 11.0. The van der Waals surface area contributed by atoms with Crippen molar-refractivity contribution in [1.82, 2.24) is 20.4 Å². The van der Waals surface area contributed by atoms with E-state index in [-0.39, 0.29) is 5.91 Å². The van der Waals surface area contributed by atoms with Crippen LogP contribution in [-0.4, -0.2) is 38.7 Å². The Hall–Kier alpha value is -3.33. The van der Waals surface area contributed by atoms with Gasteiger partial charge in [-0.25, -0.2) is 15.4 Å². The van der Waals surface area contributed by atoms with Crippen LogP contribution in [0.5, 0.6) is 5.75 Å². The molecule has 0 saturated heterocycles. The number of benzene rings is 1. The van der Waals surface area contributed by atoms with Crippen molar-refractivity contribution < 1.29 is 14.7 Å². The Balaban J connectivity index is 1.27. The summed E-state index contributed by atoms with van der Waals surface area (Å²) in [6, 6.07) is 10.4. The lowest BCUT2D eigenvalue weighted by Gasteiger charge is -2.24. The smallest absolute Gasteiger partial charge is 0.243 e. The summed E-state index contributed by atoms with van der Waals surface area (Å²) in [4.78, 5) is 23.2. The molecule has 0 spiro atoms. The number of nitrogens with zero attached hydrogens (tertiary/aromatic N) is 2. The summed E-state index contributed by atoms with van der Waals surface area (Å²) in [6.07, 6.45) is 11.9. The van der Waals surface area contributed by atoms with Gasteiger partial charge in [0.05, 0.1) is 18.6 Å². The molecule has 2 aromatic heterocycles. The molecule has 0 radical (unpaired) electrons. The van der Waals surface area contributed by atoms with Crippen molar-refractivity contribution in [2.24, 2.45) is 0 Å². The monoisotopic (exact) mass is 466 g/mol. The summed E-state index contributed by atoms with van der Waals surface area (Å²) in [5.74, 6) is 1.24. The summed E-state index contributed by atoms with van der Waals surface area (Å²) < 4.78 is 5.82. The molecule has 1 fully saturated rings. The Bertz CT molecular complexity index is 1050. The van der Waals surface area contributed by atoms with Gasteiger partial charge in [-0.15, -0.1) is 0 Å². The van der Waals surface area contributed by atoms with Gasteiger partial charge >= 0.3 is 0 Å². The maximum atomic E-state index is 11.0. The molecule has 1 saturated carbocycles. The molecule has 1 aliphatic carbocycles. The lowest BCUT2D eigenvalue weighted by atomic mass is 9.95. The zero-order valence-electron chi connectivity index (χ0n) is 19.5. The summed E-state index contributed by atoms with van der Waals surface area (Å²) in [5, 5.41) is 15.6. The number of hydroxylamine groups is 1. The average molecular weight is 467 g/mol. The highest BCUT2D eigenvalue weighted by Gasteiger charge is 2.16. The summed E-state index contributed by atoms with van der Waals surface area (Å²) in [5.41, 5.74) is 5.26. The van der Waals surface area contributed by atoms with E-state index in [4.69, 9.17) is 9.94 Å². The second kappa shape index (κ2) is 12.2. The number of carbonyl (C=O) groups is 1. The van der Waals surface area contributed by atoms with E-state index < -0.39 is 0 Å². The number of anilines is 3. The van der Waals surface area contributed by atoms with E-state index in [2.05, 4.69) is 25.6 Å². The predicted octanol–water partition coefficient (Wildman–Crippen LogP) is 5.28. The highest BCUT2D eigenvalue weighted by atomic mass is 16.5. The van der Waals surface area contributed by atoms with Gasteiger partial charge in [-0.1, -0.05) is 32.1 Å². The molecule has 0 aliphatic heterocycles. The number of hydrogen-bond donors (Lipinski definition) is 5. The summed E-state index contributed by atoms with van der Waals surface area (Å²) in [7, 11) is 0. The highest BCUT2D eigenvalue weighted by molar-refractivity contribution is 5.88. The van der Waals surface area contributed by atoms with Crippen LogP contribution in [0.4, 0.5) is 17.2 Å².